The highest BCUT2D eigenvalue weighted by Crippen LogP contribution is 2.10. The van der Waals surface area contributed by atoms with Crippen LogP contribution in [-0.2, 0) is 15.5 Å². The van der Waals surface area contributed by atoms with Crippen molar-refractivity contribution >= 4 is 16.8 Å². The van der Waals surface area contributed by atoms with Gasteiger partial charge in [-0.25, -0.2) is 0 Å². The highest BCUT2D eigenvalue weighted by molar-refractivity contribution is 7.86. The molecule has 108 valence electrons. The fourth-order valence-electron chi connectivity index (χ4n) is 1.29. The minimum Gasteiger partial charge on any atom is -0.383 e. The number of ether oxygens (including phenoxy) is 1. The number of aliphatic imine (C=N–C) groups is 1. The van der Waals surface area contributed by atoms with Crippen molar-refractivity contribution in [3.8, 4) is 0 Å². The maximum atomic E-state index is 11.8. The van der Waals surface area contributed by atoms with Crippen molar-refractivity contribution in [2.75, 3.05) is 33.1 Å². The molecule has 18 heavy (non-hydrogen) atoms. The Morgan fingerprint density at radius 2 is 2.06 bits per heavy atom. The van der Waals surface area contributed by atoms with Crippen LogP contribution in [0.4, 0.5) is 0 Å². The first kappa shape index (κ1) is 17.4. The molecule has 0 heterocycles. The molecule has 0 fully saturated rings. The first-order valence-electron chi connectivity index (χ1n) is 6.16. The van der Waals surface area contributed by atoms with Crippen LogP contribution in [0.3, 0.4) is 0 Å². The van der Waals surface area contributed by atoms with E-state index in [-0.39, 0.29) is 10.8 Å². The average Bonchev–Trinajstić information content (AvgIpc) is 2.26. The van der Waals surface area contributed by atoms with Gasteiger partial charge in [0.25, 0.3) is 0 Å². The van der Waals surface area contributed by atoms with Gasteiger partial charge in [-0.1, -0.05) is 0 Å². The number of nitrogens with zero attached hydrogens (tertiary/aromatic N) is 1. The second kappa shape index (κ2) is 8.48. The Morgan fingerprint density at radius 1 is 1.44 bits per heavy atom. The first-order valence-corrected chi connectivity index (χ1v) is 7.47. The van der Waals surface area contributed by atoms with Gasteiger partial charge in [0.15, 0.2) is 5.96 Å². The second-order valence-electron chi connectivity index (χ2n) is 5.16. The van der Waals surface area contributed by atoms with Crippen molar-refractivity contribution in [3.63, 3.8) is 0 Å². The lowest BCUT2D eigenvalue weighted by atomic mass is 10.3. The molecule has 5 nitrogen and oxygen atoms in total. The third-order valence-electron chi connectivity index (χ3n) is 2.29. The zero-order chi connectivity index (χ0) is 14.2. The van der Waals surface area contributed by atoms with Gasteiger partial charge >= 0.3 is 0 Å². The van der Waals surface area contributed by atoms with Crippen molar-refractivity contribution in [1.82, 2.24) is 10.6 Å². The molecule has 2 unspecified atom stereocenters. The third-order valence-corrected chi connectivity index (χ3v) is 4.23. The van der Waals surface area contributed by atoms with Crippen molar-refractivity contribution in [1.29, 1.82) is 0 Å². The Labute approximate surface area is 113 Å². The lowest BCUT2D eigenvalue weighted by Crippen LogP contribution is -2.45. The number of hydrogen-bond acceptors (Lipinski definition) is 3. The number of methoxy groups -OCH3 is 1. The van der Waals surface area contributed by atoms with E-state index in [0.29, 0.717) is 24.9 Å². The predicted octanol–water partition coefficient (Wildman–Crippen LogP) is 0.734. The summed E-state index contributed by atoms with van der Waals surface area (Å²) in [6, 6.07) is 0.189. The highest BCUT2D eigenvalue weighted by Gasteiger charge is 2.18. The van der Waals surface area contributed by atoms with Crippen LogP contribution in [0.5, 0.6) is 0 Å². The normalized spacial score (nSPS) is 16.2. The molecule has 0 aliphatic rings. The largest absolute Gasteiger partial charge is 0.383 e. The minimum absolute atomic E-state index is 0.165. The molecule has 0 saturated carbocycles. The molecular formula is C12H27N3O2S. The van der Waals surface area contributed by atoms with Crippen LogP contribution in [0.2, 0.25) is 0 Å². The Balaban J connectivity index is 4.00. The van der Waals surface area contributed by atoms with Crippen LogP contribution in [0.25, 0.3) is 0 Å². The number of guanidine groups is 1. The van der Waals surface area contributed by atoms with E-state index < -0.39 is 10.8 Å². The van der Waals surface area contributed by atoms with E-state index in [4.69, 9.17) is 4.74 Å². The van der Waals surface area contributed by atoms with Gasteiger partial charge < -0.3 is 15.4 Å². The summed E-state index contributed by atoms with van der Waals surface area (Å²) in [6.07, 6.45) is 0. The molecule has 0 aromatic heterocycles. The van der Waals surface area contributed by atoms with Gasteiger partial charge in [-0.2, -0.15) is 0 Å². The molecule has 0 aliphatic carbocycles. The van der Waals surface area contributed by atoms with Crippen LogP contribution in [-0.4, -0.2) is 54.0 Å². The summed E-state index contributed by atoms with van der Waals surface area (Å²) < 4.78 is 16.7. The zero-order valence-electron chi connectivity index (χ0n) is 12.4. The molecule has 2 N–H and O–H groups in total. The predicted molar refractivity (Wildman–Crippen MR) is 78.6 cm³/mol. The van der Waals surface area contributed by atoms with E-state index in [0.717, 1.165) is 0 Å². The Hall–Kier alpha value is -0.620. The van der Waals surface area contributed by atoms with Crippen LogP contribution < -0.4 is 10.6 Å². The van der Waals surface area contributed by atoms with Crippen LogP contribution >= 0.6 is 0 Å². The maximum absolute atomic E-state index is 11.8. The SMILES string of the molecule is CN=C(NCCS(=O)C(C)(C)C)NC(C)COC. The van der Waals surface area contributed by atoms with Crippen molar-refractivity contribution in [2.45, 2.75) is 38.5 Å². The van der Waals surface area contributed by atoms with Gasteiger partial charge in [-0.15, -0.1) is 0 Å². The molecule has 0 spiro atoms. The molecular weight excluding hydrogens is 250 g/mol. The molecule has 0 bridgehead atoms. The lowest BCUT2D eigenvalue weighted by molar-refractivity contribution is 0.179. The Morgan fingerprint density at radius 3 is 2.50 bits per heavy atom. The molecule has 0 aromatic rings. The van der Waals surface area contributed by atoms with E-state index in [1.54, 1.807) is 14.2 Å². The zero-order valence-corrected chi connectivity index (χ0v) is 13.2. The van der Waals surface area contributed by atoms with Gasteiger partial charge in [0.05, 0.1) is 6.61 Å². The summed E-state index contributed by atoms with van der Waals surface area (Å²) in [4.78, 5) is 4.11. The van der Waals surface area contributed by atoms with Gasteiger partial charge in [-0.05, 0) is 27.7 Å². The summed E-state index contributed by atoms with van der Waals surface area (Å²) in [5.74, 6) is 1.33. The lowest BCUT2D eigenvalue weighted by Gasteiger charge is -2.20. The number of hydrogen-bond donors (Lipinski definition) is 2. The van der Waals surface area contributed by atoms with E-state index in [2.05, 4.69) is 15.6 Å². The highest BCUT2D eigenvalue weighted by atomic mass is 32.2. The van der Waals surface area contributed by atoms with E-state index >= 15 is 0 Å². The van der Waals surface area contributed by atoms with E-state index in [9.17, 15) is 4.21 Å². The molecule has 0 aliphatic heterocycles. The van der Waals surface area contributed by atoms with Crippen molar-refractivity contribution in [3.05, 3.63) is 0 Å². The van der Waals surface area contributed by atoms with Gasteiger partial charge in [0.1, 0.15) is 0 Å². The van der Waals surface area contributed by atoms with Gasteiger partial charge in [-0.3, -0.25) is 9.20 Å². The van der Waals surface area contributed by atoms with Gasteiger partial charge in [0, 0.05) is 48.0 Å². The summed E-state index contributed by atoms with van der Waals surface area (Å²) in [5, 5.41) is 6.35. The topological polar surface area (TPSA) is 62.7 Å². The fourth-order valence-corrected chi connectivity index (χ4v) is 2.19. The molecule has 0 saturated heterocycles. The standard InChI is InChI=1S/C12H27N3O2S/c1-10(9-17-6)15-11(13-5)14-7-8-18(16)12(2,3)4/h10H,7-9H2,1-6H3,(H2,13,14,15). The van der Waals surface area contributed by atoms with E-state index in [1.165, 1.54) is 0 Å². The van der Waals surface area contributed by atoms with Crippen LogP contribution in [0, 0.1) is 0 Å². The second-order valence-corrected chi connectivity index (χ2v) is 7.49. The molecule has 2 atom stereocenters. The molecule has 0 rings (SSSR count). The monoisotopic (exact) mass is 277 g/mol. The average molecular weight is 277 g/mol. The summed E-state index contributed by atoms with van der Waals surface area (Å²) >= 11 is 0. The van der Waals surface area contributed by atoms with Crippen LogP contribution in [0.15, 0.2) is 4.99 Å². The third kappa shape index (κ3) is 7.66. The quantitative estimate of drug-likeness (QED) is 0.555. The first-order chi connectivity index (χ1) is 8.31. The van der Waals surface area contributed by atoms with Crippen molar-refractivity contribution < 1.29 is 8.95 Å². The molecule has 6 heteroatoms. The van der Waals surface area contributed by atoms with Gasteiger partial charge in [0.2, 0.25) is 0 Å². The maximum Gasteiger partial charge on any atom is 0.191 e. The Kier molecular flexibility index (Phi) is 8.18. The smallest absolute Gasteiger partial charge is 0.191 e. The van der Waals surface area contributed by atoms with Crippen molar-refractivity contribution in [2.24, 2.45) is 4.99 Å². The summed E-state index contributed by atoms with van der Waals surface area (Å²) in [7, 11) is 2.54. The number of rotatable bonds is 6. The fraction of sp³-hybridized carbons (Fsp3) is 0.917. The number of nitrogens with one attached hydrogen (secondary N) is 2. The van der Waals surface area contributed by atoms with E-state index in [1.807, 2.05) is 27.7 Å². The summed E-state index contributed by atoms with van der Waals surface area (Å²) in [5.41, 5.74) is 0. The summed E-state index contributed by atoms with van der Waals surface area (Å²) in [6.45, 7) is 9.23. The Bertz CT molecular complexity index is 288. The molecule has 0 aromatic carbocycles. The molecule has 0 radical (unpaired) electrons. The minimum atomic E-state index is -0.842. The molecule has 0 amide bonds. The van der Waals surface area contributed by atoms with Crippen LogP contribution in [0.1, 0.15) is 27.7 Å².